The summed E-state index contributed by atoms with van der Waals surface area (Å²) < 4.78 is 14.9. The maximum absolute atomic E-state index is 13.2. The summed E-state index contributed by atoms with van der Waals surface area (Å²) in [5.74, 6) is -0.596. The third-order valence-electron chi connectivity index (χ3n) is 4.72. The molecule has 2 aromatic heterocycles. The quantitative estimate of drug-likeness (QED) is 0.447. The lowest BCUT2D eigenvalue weighted by Crippen LogP contribution is -2.07. The predicted molar refractivity (Wildman–Crippen MR) is 120 cm³/mol. The smallest absolute Gasteiger partial charge is 0.250 e. The predicted octanol–water partition coefficient (Wildman–Crippen LogP) is 4.72. The van der Waals surface area contributed by atoms with Crippen molar-refractivity contribution >= 4 is 28.5 Å². The Morgan fingerprint density at radius 3 is 2.58 bits per heavy atom. The highest BCUT2D eigenvalue weighted by molar-refractivity contribution is 7.15. The van der Waals surface area contributed by atoms with Crippen LogP contribution in [0.15, 0.2) is 60.7 Å². The molecule has 2 aromatic carbocycles. The van der Waals surface area contributed by atoms with E-state index in [-0.39, 0.29) is 11.7 Å². The molecule has 4 aromatic rings. The molecule has 6 nitrogen and oxygen atoms in total. The Balaban J connectivity index is 1.43. The molecule has 1 amide bonds. The second-order valence-electron chi connectivity index (χ2n) is 6.96. The van der Waals surface area contributed by atoms with Gasteiger partial charge in [0, 0.05) is 23.8 Å². The van der Waals surface area contributed by atoms with E-state index in [4.69, 9.17) is 0 Å². The Bertz CT molecular complexity index is 1230. The first-order valence-corrected chi connectivity index (χ1v) is 10.5. The number of nitrogens with zero attached hydrogens (tertiary/aromatic N) is 4. The van der Waals surface area contributed by atoms with E-state index < -0.39 is 0 Å². The Labute approximate surface area is 183 Å². The summed E-state index contributed by atoms with van der Waals surface area (Å²) in [7, 11) is 0. The number of hydrogen-bond donors (Lipinski definition) is 1. The number of hydrogen-bond acceptors (Lipinski definition) is 5. The molecular weight excluding hydrogens is 413 g/mol. The van der Waals surface area contributed by atoms with Gasteiger partial charge in [0.1, 0.15) is 10.8 Å². The fraction of sp³-hybridized carbons (Fsp3) is 0.130. The fourth-order valence-corrected chi connectivity index (χ4v) is 3.96. The molecule has 156 valence electrons. The molecule has 1 N–H and O–H groups in total. The van der Waals surface area contributed by atoms with Crippen molar-refractivity contribution in [2.45, 2.75) is 20.3 Å². The first-order valence-electron chi connectivity index (χ1n) is 9.67. The number of nitrogens with one attached hydrogen (secondary N) is 1. The van der Waals surface area contributed by atoms with Gasteiger partial charge in [-0.2, -0.15) is 5.10 Å². The van der Waals surface area contributed by atoms with Crippen molar-refractivity contribution in [2.24, 2.45) is 0 Å². The summed E-state index contributed by atoms with van der Waals surface area (Å²) in [5.41, 5.74) is 4.36. The van der Waals surface area contributed by atoms with Crippen LogP contribution in [0.25, 0.3) is 11.8 Å². The molecule has 0 unspecified atom stereocenters. The lowest BCUT2D eigenvalue weighted by molar-refractivity contribution is -0.111. The number of anilines is 1. The van der Waals surface area contributed by atoms with Gasteiger partial charge in [-0.05, 0) is 49.8 Å². The van der Waals surface area contributed by atoms with Crippen LogP contribution in [0.5, 0.6) is 0 Å². The summed E-state index contributed by atoms with van der Waals surface area (Å²) in [4.78, 5) is 12.4. The van der Waals surface area contributed by atoms with Crippen LogP contribution >= 0.6 is 11.3 Å². The molecule has 4 rings (SSSR count). The van der Waals surface area contributed by atoms with Crippen LogP contribution in [-0.2, 0) is 11.2 Å². The molecule has 31 heavy (non-hydrogen) atoms. The van der Waals surface area contributed by atoms with Crippen molar-refractivity contribution in [3.63, 3.8) is 0 Å². The molecule has 0 radical (unpaired) electrons. The van der Waals surface area contributed by atoms with Crippen molar-refractivity contribution in [3.8, 4) is 5.69 Å². The molecule has 2 heterocycles. The van der Waals surface area contributed by atoms with Gasteiger partial charge in [0.05, 0.1) is 11.4 Å². The number of halogens is 1. The van der Waals surface area contributed by atoms with Crippen molar-refractivity contribution < 1.29 is 9.18 Å². The van der Waals surface area contributed by atoms with Gasteiger partial charge in [-0.3, -0.25) is 10.1 Å². The summed E-state index contributed by atoms with van der Waals surface area (Å²) in [6, 6.07) is 16.1. The monoisotopic (exact) mass is 433 g/mol. The normalized spacial score (nSPS) is 11.2. The number of rotatable bonds is 6. The summed E-state index contributed by atoms with van der Waals surface area (Å²) in [6.45, 7) is 3.77. The van der Waals surface area contributed by atoms with Crippen molar-refractivity contribution in [2.75, 3.05) is 5.32 Å². The minimum atomic E-state index is -0.300. The second-order valence-corrected chi connectivity index (χ2v) is 8.02. The first-order chi connectivity index (χ1) is 15.0. The van der Waals surface area contributed by atoms with Crippen molar-refractivity contribution in [3.05, 3.63) is 94.0 Å². The number of amides is 1. The Hall–Kier alpha value is -3.65. The molecule has 0 aliphatic carbocycles. The fourth-order valence-electron chi connectivity index (χ4n) is 3.18. The largest absolute Gasteiger partial charge is 0.297 e. The average Bonchev–Trinajstić information content (AvgIpc) is 3.31. The molecule has 8 heteroatoms. The van der Waals surface area contributed by atoms with Gasteiger partial charge in [-0.1, -0.05) is 41.7 Å². The maximum Gasteiger partial charge on any atom is 0.250 e. The molecule has 0 fully saturated rings. The van der Waals surface area contributed by atoms with Gasteiger partial charge in [0.25, 0.3) is 0 Å². The number of aromatic nitrogens is 4. The second kappa shape index (κ2) is 9.01. The lowest BCUT2D eigenvalue weighted by atomic mass is 10.2. The highest BCUT2D eigenvalue weighted by Gasteiger charge is 2.12. The molecular formula is C23H20FN5OS. The molecule has 0 aliphatic heterocycles. The van der Waals surface area contributed by atoms with Crippen LogP contribution in [0.4, 0.5) is 9.52 Å². The minimum Gasteiger partial charge on any atom is -0.297 e. The summed E-state index contributed by atoms with van der Waals surface area (Å²) >= 11 is 1.35. The third-order valence-corrected chi connectivity index (χ3v) is 5.55. The van der Waals surface area contributed by atoms with Gasteiger partial charge in [0.15, 0.2) is 0 Å². The molecule has 0 saturated carbocycles. The van der Waals surface area contributed by atoms with Crippen molar-refractivity contribution in [1.29, 1.82) is 0 Å². The highest BCUT2D eigenvalue weighted by atomic mass is 32.1. The summed E-state index contributed by atoms with van der Waals surface area (Å²) in [6.07, 6.45) is 3.84. The highest BCUT2D eigenvalue weighted by Crippen LogP contribution is 2.21. The van der Waals surface area contributed by atoms with Crippen molar-refractivity contribution in [1.82, 2.24) is 20.0 Å². The Kier molecular flexibility index (Phi) is 5.99. The van der Waals surface area contributed by atoms with Gasteiger partial charge in [0.2, 0.25) is 11.0 Å². The molecule has 0 aliphatic rings. The first kappa shape index (κ1) is 20.6. The molecule has 0 spiro atoms. The average molecular weight is 434 g/mol. The van der Waals surface area contributed by atoms with E-state index in [9.17, 15) is 9.18 Å². The zero-order valence-corrected chi connectivity index (χ0v) is 17.9. The summed E-state index contributed by atoms with van der Waals surface area (Å²) in [5, 5.41) is 16.7. The SMILES string of the molecule is Cc1nn(-c2ccc(F)cc2)c(C)c1/C=C/C(=O)Nc1nnc(Cc2ccccc2)s1. The van der Waals surface area contributed by atoms with E-state index in [0.29, 0.717) is 11.6 Å². The number of benzene rings is 2. The minimum absolute atomic E-state index is 0.296. The van der Waals surface area contributed by atoms with Gasteiger partial charge in [-0.25, -0.2) is 9.07 Å². The number of carbonyl (C=O) groups is 1. The van der Waals surface area contributed by atoms with Gasteiger partial charge < -0.3 is 0 Å². The standard InChI is InChI=1S/C23H20FN5OS/c1-15-20(16(2)29(28-15)19-10-8-18(24)9-11-19)12-13-21(30)25-23-27-26-22(31-23)14-17-6-4-3-5-7-17/h3-13H,14H2,1-2H3,(H,25,27,30)/b13-12+. The molecule has 0 atom stereocenters. The zero-order valence-electron chi connectivity index (χ0n) is 17.0. The van der Waals surface area contributed by atoms with Crippen LogP contribution < -0.4 is 5.32 Å². The topological polar surface area (TPSA) is 72.7 Å². The van der Waals surface area contributed by atoms with E-state index in [1.165, 1.54) is 29.5 Å². The van der Waals surface area contributed by atoms with E-state index in [2.05, 4.69) is 20.6 Å². The van der Waals surface area contributed by atoms with Crippen LogP contribution in [0.3, 0.4) is 0 Å². The van der Waals surface area contributed by atoms with Crippen LogP contribution in [0, 0.1) is 19.7 Å². The molecule has 0 bridgehead atoms. The maximum atomic E-state index is 13.2. The van der Waals surface area contributed by atoms with Gasteiger partial charge in [-0.15, -0.1) is 10.2 Å². The zero-order chi connectivity index (χ0) is 21.8. The Morgan fingerprint density at radius 1 is 1.10 bits per heavy atom. The van der Waals surface area contributed by atoms with Gasteiger partial charge >= 0.3 is 0 Å². The van der Waals surface area contributed by atoms with E-state index in [0.717, 1.165) is 33.2 Å². The number of aryl methyl sites for hydroxylation is 1. The number of carbonyl (C=O) groups excluding carboxylic acids is 1. The third kappa shape index (κ3) is 4.92. The molecule has 0 saturated heterocycles. The van der Waals surface area contributed by atoms with E-state index >= 15 is 0 Å². The van der Waals surface area contributed by atoms with E-state index in [1.54, 1.807) is 22.9 Å². The van der Waals surface area contributed by atoms with Crippen LogP contribution in [0.1, 0.15) is 27.5 Å². The van der Waals surface area contributed by atoms with Crippen LogP contribution in [-0.4, -0.2) is 25.9 Å². The Morgan fingerprint density at radius 2 is 1.84 bits per heavy atom. The lowest BCUT2D eigenvalue weighted by Gasteiger charge is -2.04. The van der Waals surface area contributed by atoms with Crippen LogP contribution in [0.2, 0.25) is 0 Å². The van der Waals surface area contributed by atoms with E-state index in [1.807, 2.05) is 44.2 Å².